The van der Waals surface area contributed by atoms with Crippen LogP contribution in [-0.4, -0.2) is 74.2 Å². The van der Waals surface area contributed by atoms with Crippen molar-refractivity contribution >= 4 is 39.8 Å². The molecule has 0 aliphatic carbocycles. The van der Waals surface area contributed by atoms with Crippen molar-refractivity contribution in [3.8, 4) is 5.88 Å². The minimum absolute atomic E-state index is 0.122. The van der Waals surface area contributed by atoms with Gasteiger partial charge in [-0.05, 0) is 58.9 Å². The second-order valence-electron chi connectivity index (χ2n) is 11.2. The van der Waals surface area contributed by atoms with Gasteiger partial charge in [-0.1, -0.05) is 0 Å². The Labute approximate surface area is 231 Å². The molecule has 212 valence electrons. The van der Waals surface area contributed by atoms with E-state index >= 15 is 0 Å². The SMILES string of the molecule is COc1cc2c(N3C[C@H](C)N(C(=O)OC(C)(C)C)[C@@H](C)C3)ccc(C(=O)Nc3cc(F)c4nn(C)cc4c3)n2n1. The van der Waals surface area contributed by atoms with Gasteiger partial charge in [0.25, 0.3) is 5.91 Å². The summed E-state index contributed by atoms with van der Waals surface area (Å²) in [6.45, 7) is 10.6. The molecule has 2 atom stereocenters. The summed E-state index contributed by atoms with van der Waals surface area (Å²) in [6, 6.07) is 7.98. The van der Waals surface area contributed by atoms with Gasteiger partial charge in [0.1, 0.15) is 16.8 Å². The van der Waals surface area contributed by atoms with Crippen LogP contribution in [0.15, 0.2) is 36.5 Å². The second kappa shape index (κ2) is 10.00. The van der Waals surface area contributed by atoms with E-state index in [2.05, 4.69) is 20.4 Å². The number of methoxy groups -OCH3 is 1. The second-order valence-corrected chi connectivity index (χ2v) is 11.2. The molecule has 12 heteroatoms. The third-order valence-electron chi connectivity index (χ3n) is 6.82. The van der Waals surface area contributed by atoms with E-state index < -0.39 is 17.3 Å². The van der Waals surface area contributed by atoms with Crippen LogP contribution in [0, 0.1) is 5.82 Å². The molecule has 1 N–H and O–H groups in total. The van der Waals surface area contributed by atoms with E-state index in [9.17, 15) is 14.0 Å². The largest absolute Gasteiger partial charge is 0.480 e. The van der Waals surface area contributed by atoms with Crippen LogP contribution in [0.5, 0.6) is 5.88 Å². The first kappa shape index (κ1) is 27.2. The molecule has 4 heterocycles. The Hall–Kier alpha value is -4.35. The zero-order valence-corrected chi connectivity index (χ0v) is 23.7. The van der Waals surface area contributed by atoms with Gasteiger partial charge in [-0.3, -0.25) is 14.4 Å². The van der Waals surface area contributed by atoms with E-state index in [1.54, 1.807) is 36.3 Å². The normalized spacial score (nSPS) is 17.9. The number of fused-ring (bicyclic) bond motifs is 2. The lowest BCUT2D eigenvalue weighted by Gasteiger charge is -2.45. The summed E-state index contributed by atoms with van der Waals surface area (Å²) in [7, 11) is 3.22. The smallest absolute Gasteiger partial charge is 0.410 e. The molecule has 0 spiro atoms. The van der Waals surface area contributed by atoms with Crippen molar-refractivity contribution in [2.24, 2.45) is 7.05 Å². The molecular weight excluding hydrogens is 517 g/mol. The molecule has 5 rings (SSSR count). The zero-order valence-electron chi connectivity index (χ0n) is 23.7. The molecule has 0 saturated carbocycles. The molecule has 40 heavy (non-hydrogen) atoms. The molecule has 0 radical (unpaired) electrons. The maximum absolute atomic E-state index is 14.6. The number of amides is 2. The predicted molar refractivity (Wildman–Crippen MR) is 150 cm³/mol. The Morgan fingerprint density at radius 2 is 1.77 bits per heavy atom. The topological polar surface area (TPSA) is 106 Å². The summed E-state index contributed by atoms with van der Waals surface area (Å²) in [5, 5.41) is 11.9. The summed E-state index contributed by atoms with van der Waals surface area (Å²) in [5.41, 5.74) is 1.72. The highest BCUT2D eigenvalue weighted by atomic mass is 19.1. The van der Waals surface area contributed by atoms with Gasteiger partial charge < -0.3 is 19.7 Å². The first-order valence-corrected chi connectivity index (χ1v) is 13.1. The quantitative estimate of drug-likeness (QED) is 0.399. The van der Waals surface area contributed by atoms with Crippen LogP contribution in [0.4, 0.5) is 20.6 Å². The first-order valence-electron chi connectivity index (χ1n) is 13.1. The van der Waals surface area contributed by atoms with Crippen molar-refractivity contribution < 1.29 is 23.5 Å². The fraction of sp³-hybridized carbons (Fsp3) is 0.429. The molecule has 4 aromatic rings. The lowest BCUT2D eigenvalue weighted by molar-refractivity contribution is 0.00566. The molecule has 1 saturated heterocycles. The maximum Gasteiger partial charge on any atom is 0.410 e. The maximum atomic E-state index is 14.6. The van der Waals surface area contributed by atoms with Gasteiger partial charge in [-0.25, -0.2) is 13.7 Å². The van der Waals surface area contributed by atoms with Gasteiger partial charge in [-0.2, -0.15) is 5.10 Å². The van der Waals surface area contributed by atoms with E-state index in [0.29, 0.717) is 35.6 Å². The van der Waals surface area contributed by atoms with Crippen LogP contribution in [0.3, 0.4) is 0 Å². The Morgan fingerprint density at radius 1 is 1.07 bits per heavy atom. The number of nitrogens with zero attached hydrogens (tertiary/aromatic N) is 6. The number of hydrogen-bond donors (Lipinski definition) is 1. The number of ether oxygens (including phenoxy) is 2. The molecule has 1 aliphatic rings. The number of halogens is 1. The Bertz CT molecular complexity index is 1590. The number of anilines is 2. The number of aromatic nitrogens is 4. The number of aryl methyl sites for hydroxylation is 1. The Balaban J connectivity index is 1.44. The first-order chi connectivity index (χ1) is 18.8. The van der Waals surface area contributed by atoms with Gasteiger partial charge in [-0.15, -0.1) is 5.10 Å². The van der Waals surface area contributed by atoms with Crippen LogP contribution in [-0.2, 0) is 11.8 Å². The van der Waals surface area contributed by atoms with Crippen molar-refractivity contribution in [3.63, 3.8) is 0 Å². The summed E-state index contributed by atoms with van der Waals surface area (Å²) in [5.74, 6) is -0.636. The van der Waals surface area contributed by atoms with Crippen LogP contribution < -0.4 is 15.0 Å². The molecule has 11 nitrogen and oxygen atoms in total. The molecule has 1 aromatic carbocycles. The number of benzene rings is 1. The highest BCUT2D eigenvalue weighted by Gasteiger charge is 2.36. The summed E-state index contributed by atoms with van der Waals surface area (Å²) in [6.07, 6.45) is 1.35. The molecule has 3 aromatic heterocycles. The van der Waals surface area contributed by atoms with Gasteiger partial charge in [0.05, 0.1) is 30.4 Å². The Morgan fingerprint density at radius 3 is 2.42 bits per heavy atom. The van der Waals surface area contributed by atoms with Crippen LogP contribution in [0.1, 0.15) is 45.1 Å². The van der Waals surface area contributed by atoms with Gasteiger partial charge >= 0.3 is 6.09 Å². The highest BCUT2D eigenvalue weighted by Crippen LogP contribution is 2.31. The molecular formula is C28H34FN7O4. The van der Waals surface area contributed by atoms with E-state index in [4.69, 9.17) is 9.47 Å². The standard InChI is InChI=1S/C28H34FN7O4/c1-16-13-34(14-17(2)35(16)27(38)40-28(3,4)5)21-8-9-22(36-23(21)12-24(31-36)39-7)26(37)30-19-10-18-15-33(6)32-25(18)20(29)11-19/h8-12,15-17H,13-14H2,1-7H3,(H,30,37)/t16-,17-/m0/s1. The van der Waals surface area contributed by atoms with Crippen LogP contribution in [0.2, 0.25) is 0 Å². The predicted octanol–water partition coefficient (Wildman–Crippen LogP) is 4.46. The van der Waals surface area contributed by atoms with E-state index in [1.165, 1.54) is 22.4 Å². The number of piperazine rings is 1. The highest BCUT2D eigenvalue weighted by molar-refractivity contribution is 6.05. The van der Waals surface area contributed by atoms with E-state index in [1.807, 2.05) is 40.7 Å². The number of rotatable bonds is 4. The number of carbonyl (C=O) groups is 2. The zero-order chi connectivity index (χ0) is 28.9. The van der Waals surface area contributed by atoms with Crippen molar-refractivity contribution in [3.05, 3.63) is 48.0 Å². The summed E-state index contributed by atoms with van der Waals surface area (Å²) < 4.78 is 28.7. The molecule has 0 bridgehead atoms. The lowest BCUT2D eigenvalue weighted by Crippen LogP contribution is -2.59. The molecule has 1 aliphatic heterocycles. The average molecular weight is 552 g/mol. The summed E-state index contributed by atoms with van der Waals surface area (Å²) >= 11 is 0. The van der Waals surface area contributed by atoms with Crippen molar-refractivity contribution in [1.29, 1.82) is 0 Å². The molecule has 0 unspecified atom stereocenters. The fourth-order valence-corrected chi connectivity index (χ4v) is 5.25. The van der Waals surface area contributed by atoms with E-state index in [-0.39, 0.29) is 29.4 Å². The fourth-order valence-electron chi connectivity index (χ4n) is 5.25. The van der Waals surface area contributed by atoms with E-state index in [0.717, 1.165) is 5.69 Å². The summed E-state index contributed by atoms with van der Waals surface area (Å²) in [4.78, 5) is 30.2. The van der Waals surface area contributed by atoms with Gasteiger partial charge in [0.15, 0.2) is 5.82 Å². The minimum atomic E-state index is -0.583. The van der Waals surface area contributed by atoms with Crippen molar-refractivity contribution in [1.82, 2.24) is 24.3 Å². The minimum Gasteiger partial charge on any atom is -0.480 e. The lowest BCUT2D eigenvalue weighted by atomic mass is 10.1. The monoisotopic (exact) mass is 551 g/mol. The van der Waals surface area contributed by atoms with Crippen LogP contribution >= 0.6 is 0 Å². The van der Waals surface area contributed by atoms with Gasteiger partial charge in [0.2, 0.25) is 5.88 Å². The number of nitrogens with one attached hydrogen (secondary N) is 1. The van der Waals surface area contributed by atoms with Crippen LogP contribution in [0.25, 0.3) is 16.4 Å². The number of hydrogen-bond acceptors (Lipinski definition) is 7. The average Bonchev–Trinajstić information content (AvgIpc) is 3.45. The van der Waals surface area contributed by atoms with Crippen molar-refractivity contribution in [2.45, 2.75) is 52.3 Å². The third-order valence-corrected chi connectivity index (χ3v) is 6.82. The van der Waals surface area contributed by atoms with Crippen molar-refractivity contribution in [2.75, 3.05) is 30.4 Å². The molecule has 2 amide bonds. The number of pyridine rings is 1. The third kappa shape index (κ3) is 5.13. The molecule has 1 fully saturated rings. The Kier molecular flexibility index (Phi) is 6.80. The van der Waals surface area contributed by atoms with Gasteiger partial charge in [0, 0.05) is 43.5 Å². The number of carbonyl (C=O) groups excluding carboxylic acids is 2.